The van der Waals surface area contributed by atoms with E-state index >= 15 is 0 Å². The molecule has 0 aromatic heterocycles. The van der Waals surface area contributed by atoms with Gasteiger partial charge in [0.2, 0.25) is 0 Å². The summed E-state index contributed by atoms with van der Waals surface area (Å²) >= 11 is 4.49. The first kappa shape index (κ1) is 9.63. The summed E-state index contributed by atoms with van der Waals surface area (Å²) in [5.41, 5.74) is 0. The van der Waals surface area contributed by atoms with Crippen LogP contribution < -0.4 is 0 Å². The van der Waals surface area contributed by atoms with E-state index in [1.54, 1.807) is 0 Å². The standard InChI is InChI=1S/C2H3ClO2.Zn/c1-2(4)5-3;/h1H3;. The molecular formula is C2H3ClO2Zn. The summed E-state index contributed by atoms with van der Waals surface area (Å²) in [5, 5.41) is 0. The first-order valence-electron chi connectivity index (χ1n) is 1.06. The van der Waals surface area contributed by atoms with E-state index < -0.39 is 5.97 Å². The molecule has 0 fully saturated rings. The van der Waals surface area contributed by atoms with Gasteiger partial charge in [0.05, 0.1) is 0 Å². The van der Waals surface area contributed by atoms with E-state index in [9.17, 15) is 4.79 Å². The van der Waals surface area contributed by atoms with Crippen molar-refractivity contribution in [3.05, 3.63) is 0 Å². The van der Waals surface area contributed by atoms with Crippen molar-refractivity contribution in [3.8, 4) is 0 Å². The summed E-state index contributed by atoms with van der Waals surface area (Å²) in [6.07, 6.45) is 0. The Morgan fingerprint density at radius 3 is 2.00 bits per heavy atom. The first-order chi connectivity index (χ1) is 2.27. The summed E-state index contributed by atoms with van der Waals surface area (Å²) in [5.74, 6) is -0.480. The van der Waals surface area contributed by atoms with Crippen LogP contribution in [0.2, 0.25) is 0 Å². The molecule has 0 unspecified atom stereocenters. The van der Waals surface area contributed by atoms with Crippen LogP contribution in [0.5, 0.6) is 0 Å². The van der Waals surface area contributed by atoms with Gasteiger partial charge < -0.3 is 4.29 Å². The summed E-state index contributed by atoms with van der Waals surface area (Å²) in [7, 11) is 0. The van der Waals surface area contributed by atoms with E-state index in [1.807, 2.05) is 0 Å². The van der Waals surface area contributed by atoms with Crippen molar-refractivity contribution in [2.24, 2.45) is 0 Å². The van der Waals surface area contributed by atoms with Crippen LogP contribution in [0.4, 0.5) is 0 Å². The number of carbonyl (C=O) groups is 1. The van der Waals surface area contributed by atoms with Crippen molar-refractivity contribution in [2.75, 3.05) is 0 Å². The molecule has 0 N–H and O–H groups in total. The zero-order valence-electron chi connectivity index (χ0n) is 3.40. The van der Waals surface area contributed by atoms with E-state index in [-0.39, 0.29) is 19.5 Å². The van der Waals surface area contributed by atoms with Gasteiger partial charge in [0.25, 0.3) is 0 Å². The molecule has 0 aliphatic rings. The summed E-state index contributed by atoms with van der Waals surface area (Å²) < 4.78 is 3.58. The molecule has 4 heteroatoms. The number of carbonyl (C=O) groups excluding carboxylic acids is 1. The Morgan fingerprint density at radius 2 is 2.00 bits per heavy atom. The van der Waals surface area contributed by atoms with E-state index in [2.05, 4.69) is 16.2 Å². The Morgan fingerprint density at radius 1 is 1.83 bits per heavy atom. The van der Waals surface area contributed by atoms with Gasteiger partial charge in [-0.25, -0.2) is 0 Å². The van der Waals surface area contributed by atoms with Crippen molar-refractivity contribution in [3.63, 3.8) is 0 Å². The van der Waals surface area contributed by atoms with Gasteiger partial charge in [-0.2, -0.15) is 0 Å². The molecule has 0 heterocycles. The van der Waals surface area contributed by atoms with Crippen molar-refractivity contribution in [1.29, 1.82) is 0 Å². The second-order valence-corrected chi connectivity index (χ2v) is 0.723. The molecular weight excluding hydrogens is 157 g/mol. The molecule has 32 valence electrons. The largest absolute Gasteiger partial charge is 0.348 e. The zero-order chi connectivity index (χ0) is 4.28. The van der Waals surface area contributed by atoms with Crippen LogP contribution in [0, 0.1) is 0 Å². The zero-order valence-corrected chi connectivity index (χ0v) is 7.12. The van der Waals surface area contributed by atoms with Crippen LogP contribution >= 0.6 is 11.9 Å². The van der Waals surface area contributed by atoms with Crippen LogP contribution in [0.25, 0.3) is 0 Å². The third kappa shape index (κ3) is 8.83. The van der Waals surface area contributed by atoms with Gasteiger partial charge in [-0.3, -0.25) is 4.79 Å². The van der Waals surface area contributed by atoms with Gasteiger partial charge in [0.15, 0.2) is 0 Å². The molecule has 0 radical (unpaired) electrons. The van der Waals surface area contributed by atoms with Crippen LogP contribution in [0.15, 0.2) is 0 Å². The van der Waals surface area contributed by atoms with Crippen LogP contribution in [0.1, 0.15) is 6.92 Å². The first-order valence-corrected chi connectivity index (χ1v) is 1.37. The molecule has 0 bridgehead atoms. The Labute approximate surface area is 53.7 Å². The fourth-order valence-electron chi connectivity index (χ4n) is 0. The number of rotatable bonds is 0. The quantitative estimate of drug-likeness (QED) is 0.487. The number of hydrogen-bond donors (Lipinski definition) is 0. The maximum atomic E-state index is 9.46. The molecule has 0 aromatic rings. The Bertz CT molecular complexity index is 46.8. The molecule has 0 saturated heterocycles. The smallest absolute Gasteiger partial charge is 0.321 e. The predicted molar refractivity (Wildman–Crippen MR) is 17.6 cm³/mol. The molecule has 2 nitrogen and oxygen atoms in total. The molecule has 0 rings (SSSR count). The fraction of sp³-hybridized carbons (Fsp3) is 0.500. The molecule has 0 amide bonds. The summed E-state index contributed by atoms with van der Waals surface area (Å²) in [4.78, 5) is 9.46. The summed E-state index contributed by atoms with van der Waals surface area (Å²) in [6, 6.07) is 0. The van der Waals surface area contributed by atoms with Crippen LogP contribution in [0.3, 0.4) is 0 Å². The third-order valence-electron chi connectivity index (χ3n) is 0.109. The van der Waals surface area contributed by atoms with Crippen molar-refractivity contribution in [1.82, 2.24) is 0 Å². The minimum Gasteiger partial charge on any atom is -0.348 e. The Hall–Kier alpha value is 0.383. The SMILES string of the molecule is CC(=O)OCl.[Zn]. The van der Waals surface area contributed by atoms with E-state index in [1.165, 1.54) is 6.92 Å². The van der Waals surface area contributed by atoms with Gasteiger partial charge in [0, 0.05) is 26.4 Å². The number of hydrogen-bond acceptors (Lipinski definition) is 2. The van der Waals surface area contributed by atoms with Crippen LogP contribution in [-0.2, 0) is 28.6 Å². The topological polar surface area (TPSA) is 26.3 Å². The number of halogens is 1. The summed E-state index contributed by atoms with van der Waals surface area (Å²) in [6.45, 7) is 1.23. The van der Waals surface area contributed by atoms with Gasteiger partial charge >= 0.3 is 5.97 Å². The maximum absolute atomic E-state index is 9.46. The monoisotopic (exact) mass is 158 g/mol. The van der Waals surface area contributed by atoms with Crippen molar-refractivity contribution < 1.29 is 28.6 Å². The minimum absolute atomic E-state index is 0. The molecule has 6 heavy (non-hydrogen) atoms. The molecule has 0 aliphatic heterocycles. The Kier molecular flexibility index (Phi) is 8.64. The van der Waals surface area contributed by atoms with E-state index in [0.717, 1.165) is 0 Å². The average molecular weight is 160 g/mol. The van der Waals surface area contributed by atoms with Gasteiger partial charge in [-0.15, -0.1) is 0 Å². The second kappa shape index (κ2) is 5.38. The van der Waals surface area contributed by atoms with Gasteiger partial charge in [-0.1, -0.05) is 0 Å². The molecule has 0 spiro atoms. The normalized spacial score (nSPS) is 5.67. The van der Waals surface area contributed by atoms with Crippen molar-refractivity contribution >= 4 is 17.8 Å². The van der Waals surface area contributed by atoms with Crippen molar-refractivity contribution in [2.45, 2.75) is 6.92 Å². The maximum Gasteiger partial charge on any atom is 0.321 e. The molecule has 0 aliphatic carbocycles. The Balaban J connectivity index is 0. The van der Waals surface area contributed by atoms with E-state index in [0.29, 0.717) is 0 Å². The predicted octanol–water partition coefficient (Wildman–Crippen LogP) is 0.701. The second-order valence-electron chi connectivity index (χ2n) is 0.569. The molecule has 0 atom stereocenters. The van der Waals surface area contributed by atoms with Gasteiger partial charge in [-0.05, 0) is 0 Å². The van der Waals surface area contributed by atoms with Crippen LogP contribution in [-0.4, -0.2) is 5.97 Å². The fourth-order valence-corrected chi connectivity index (χ4v) is 0. The van der Waals surface area contributed by atoms with E-state index in [4.69, 9.17) is 0 Å². The molecule has 0 aromatic carbocycles. The average Bonchev–Trinajstić information content (AvgIpc) is 1.38. The van der Waals surface area contributed by atoms with Gasteiger partial charge in [0.1, 0.15) is 11.9 Å². The minimum atomic E-state index is -0.480. The third-order valence-corrected chi connectivity index (χ3v) is 0.326. The molecule has 0 saturated carbocycles.